The van der Waals surface area contributed by atoms with Gasteiger partial charge >= 0.3 is 0 Å². The molecule has 38 heavy (non-hydrogen) atoms. The predicted molar refractivity (Wildman–Crippen MR) is 145 cm³/mol. The van der Waals surface area contributed by atoms with Crippen LogP contribution in [0.25, 0.3) is 21.8 Å². The first-order valence-electron chi connectivity index (χ1n) is 11.9. The molecule has 3 heterocycles. The van der Waals surface area contributed by atoms with Gasteiger partial charge in [0.15, 0.2) is 12.4 Å². The van der Waals surface area contributed by atoms with Crippen LogP contribution in [-0.4, -0.2) is 29.2 Å². The fraction of sp³-hybridized carbons (Fsp3) is 0.0690. The Labute approximate surface area is 218 Å². The van der Waals surface area contributed by atoms with Gasteiger partial charge in [-0.1, -0.05) is 30.3 Å². The van der Waals surface area contributed by atoms with Crippen LogP contribution in [-0.2, 0) is 14.1 Å². The summed E-state index contributed by atoms with van der Waals surface area (Å²) in [6, 6.07) is 24.3. The lowest BCUT2D eigenvalue weighted by Gasteiger charge is -2.04. The summed E-state index contributed by atoms with van der Waals surface area (Å²) in [6.07, 6.45) is 7.02. The molecule has 0 spiro atoms. The highest BCUT2D eigenvalue weighted by molar-refractivity contribution is 6.00. The van der Waals surface area contributed by atoms with Crippen molar-refractivity contribution in [2.45, 2.75) is 0 Å². The number of benzene rings is 2. The fourth-order valence-electron chi connectivity index (χ4n) is 4.12. The van der Waals surface area contributed by atoms with Crippen LogP contribution in [0.5, 0.6) is 0 Å². The lowest BCUT2D eigenvalue weighted by Crippen LogP contribution is -2.28. The zero-order chi connectivity index (χ0) is 26.5. The second-order valence-corrected chi connectivity index (χ2v) is 8.60. The number of pyridine rings is 3. The minimum absolute atomic E-state index is 0.0599. The van der Waals surface area contributed by atoms with E-state index in [9.17, 15) is 9.59 Å². The van der Waals surface area contributed by atoms with Crippen LogP contribution in [0.3, 0.4) is 0 Å². The van der Waals surface area contributed by atoms with Crippen molar-refractivity contribution in [3.63, 3.8) is 0 Å². The molecule has 2 N–H and O–H groups in total. The van der Waals surface area contributed by atoms with Gasteiger partial charge in [-0.25, -0.2) is 25.0 Å². The highest BCUT2D eigenvalue weighted by Gasteiger charge is 2.13. The van der Waals surface area contributed by atoms with Crippen molar-refractivity contribution in [2.75, 3.05) is 0 Å². The summed E-state index contributed by atoms with van der Waals surface area (Å²) in [4.78, 5) is 29.4. The molecule has 2 aromatic carbocycles. The lowest BCUT2D eigenvalue weighted by molar-refractivity contribution is -0.645. The van der Waals surface area contributed by atoms with E-state index in [-0.39, 0.29) is 11.4 Å². The van der Waals surface area contributed by atoms with Gasteiger partial charge in [-0.3, -0.25) is 9.59 Å². The second-order valence-electron chi connectivity index (χ2n) is 8.60. The van der Waals surface area contributed by atoms with Gasteiger partial charge < -0.3 is 0 Å². The number of hydrazone groups is 2. The molecule has 0 aliphatic carbocycles. The highest BCUT2D eigenvalue weighted by Crippen LogP contribution is 2.14. The van der Waals surface area contributed by atoms with E-state index in [1.807, 2.05) is 96.3 Å². The summed E-state index contributed by atoms with van der Waals surface area (Å²) >= 11 is 0. The van der Waals surface area contributed by atoms with Crippen molar-refractivity contribution in [2.24, 2.45) is 24.3 Å². The standard InChI is InChI=1S/C29H23N7O2/c1-35-16-14-20(22-8-3-5-12-26(22)35)18-30-33-28(37)24-10-7-11-25(32-24)29(38)34-31-19-21-15-17-36(2)27-13-6-4-9-23(21)27/h3-19H,1-2H3/p+2. The van der Waals surface area contributed by atoms with Crippen molar-refractivity contribution < 1.29 is 18.7 Å². The van der Waals surface area contributed by atoms with Gasteiger partial charge in [-0.15, -0.1) is 0 Å². The number of nitrogens with one attached hydrogen (secondary N) is 2. The smallest absolute Gasteiger partial charge is 0.266 e. The molecule has 0 atom stereocenters. The molecule has 2 amide bonds. The maximum absolute atomic E-state index is 12.6. The van der Waals surface area contributed by atoms with E-state index in [0.717, 1.165) is 32.9 Å². The van der Waals surface area contributed by atoms with Gasteiger partial charge in [0.1, 0.15) is 25.5 Å². The third-order valence-corrected chi connectivity index (χ3v) is 6.10. The van der Waals surface area contributed by atoms with Crippen molar-refractivity contribution in [1.29, 1.82) is 0 Å². The summed E-state index contributed by atoms with van der Waals surface area (Å²) in [5.41, 5.74) is 8.88. The number of carbonyl (C=O) groups is 2. The monoisotopic (exact) mass is 503 g/mol. The van der Waals surface area contributed by atoms with Crippen molar-refractivity contribution in [1.82, 2.24) is 15.8 Å². The molecule has 186 valence electrons. The average molecular weight is 504 g/mol. The van der Waals surface area contributed by atoms with E-state index in [2.05, 4.69) is 26.0 Å². The zero-order valence-electron chi connectivity index (χ0n) is 20.9. The first-order chi connectivity index (χ1) is 18.5. The molecule has 0 saturated carbocycles. The Morgan fingerprint density at radius 2 is 1.11 bits per heavy atom. The maximum atomic E-state index is 12.6. The number of nitrogens with zero attached hydrogens (tertiary/aromatic N) is 5. The molecule has 0 fully saturated rings. The molecule has 5 aromatic rings. The largest absolute Gasteiger partial charge is 0.289 e. The van der Waals surface area contributed by atoms with Crippen molar-refractivity contribution >= 4 is 46.0 Å². The van der Waals surface area contributed by atoms with Gasteiger partial charge in [0.2, 0.25) is 11.0 Å². The quantitative estimate of drug-likeness (QED) is 0.211. The fourth-order valence-corrected chi connectivity index (χ4v) is 4.12. The molecule has 0 saturated heterocycles. The van der Waals surface area contributed by atoms with Crippen LogP contribution < -0.4 is 20.0 Å². The Balaban J connectivity index is 1.25. The summed E-state index contributed by atoms with van der Waals surface area (Å²) < 4.78 is 4.02. The van der Waals surface area contributed by atoms with E-state index in [1.54, 1.807) is 18.5 Å². The SMILES string of the molecule is C[n+]1ccc(C=NNC(=O)c2cccc(C(=O)NN=Cc3cc[n+](C)c4ccccc34)n2)c2ccccc21. The van der Waals surface area contributed by atoms with E-state index < -0.39 is 11.8 Å². The van der Waals surface area contributed by atoms with Gasteiger partial charge in [-0.05, 0) is 24.3 Å². The van der Waals surface area contributed by atoms with E-state index in [4.69, 9.17) is 0 Å². The summed E-state index contributed by atoms with van der Waals surface area (Å²) in [6.45, 7) is 0. The Kier molecular flexibility index (Phi) is 6.90. The van der Waals surface area contributed by atoms with E-state index in [0.29, 0.717) is 0 Å². The Bertz CT molecular complexity index is 1620. The third kappa shape index (κ3) is 5.12. The van der Waals surface area contributed by atoms with Crippen LogP contribution in [0.2, 0.25) is 0 Å². The van der Waals surface area contributed by atoms with Gasteiger partial charge in [0, 0.05) is 35.4 Å². The van der Waals surface area contributed by atoms with Crippen LogP contribution in [0.1, 0.15) is 32.1 Å². The average Bonchev–Trinajstić information content (AvgIpc) is 2.95. The zero-order valence-corrected chi connectivity index (χ0v) is 20.9. The van der Waals surface area contributed by atoms with Gasteiger partial charge in [0.25, 0.3) is 11.8 Å². The number of fused-ring (bicyclic) bond motifs is 2. The third-order valence-electron chi connectivity index (χ3n) is 6.10. The number of rotatable bonds is 6. The van der Waals surface area contributed by atoms with Crippen LogP contribution in [0, 0.1) is 0 Å². The molecule has 0 unspecified atom stereocenters. The summed E-state index contributed by atoms with van der Waals surface area (Å²) in [5.74, 6) is -1.07. The van der Waals surface area contributed by atoms with Gasteiger partial charge in [-0.2, -0.15) is 10.2 Å². The predicted octanol–water partition coefficient (Wildman–Crippen LogP) is 2.56. The first-order valence-corrected chi connectivity index (χ1v) is 11.9. The van der Waals surface area contributed by atoms with Crippen LogP contribution >= 0.6 is 0 Å². The summed E-state index contributed by atoms with van der Waals surface area (Å²) in [7, 11) is 3.93. The number of aromatic nitrogens is 3. The number of para-hydroxylation sites is 2. The van der Waals surface area contributed by atoms with E-state index >= 15 is 0 Å². The molecule has 9 nitrogen and oxygen atoms in total. The van der Waals surface area contributed by atoms with Crippen molar-refractivity contribution in [3.05, 3.63) is 114 Å². The van der Waals surface area contributed by atoms with E-state index in [1.165, 1.54) is 12.1 Å². The number of amides is 2. The number of hydrogen-bond donors (Lipinski definition) is 2. The first kappa shape index (κ1) is 24.4. The molecule has 0 aliphatic heterocycles. The summed E-state index contributed by atoms with van der Waals surface area (Å²) in [5, 5.41) is 10.2. The second kappa shape index (κ2) is 10.8. The minimum atomic E-state index is -0.534. The molecular weight excluding hydrogens is 478 g/mol. The number of carbonyl (C=O) groups excluding carboxylic acids is 2. The minimum Gasteiger partial charge on any atom is -0.266 e. The normalized spacial score (nSPS) is 11.4. The molecule has 5 rings (SSSR count). The Morgan fingerprint density at radius 3 is 1.58 bits per heavy atom. The maximum Gasteiger partial charge on any atom is 0.289 e. The topological polar surface area (TPSA) is 104 Å². The lowest BCUT2D eigenvalue weighted by atomic mass is 10.1. The Morgan fingerprint density at radius 1 is 0.658 bits per heavy atom. The number of hydrogen-bond acceptors (Lipinski definition) is 5. The number of aryl methyl sites for hydroxylation is 2. The highest BCUT2D eigenvalue weighted by atomic mass is 16.2. The molecule has 9 heteroatoms. The Hall–Kier alpha value is -5.31. The molecule has 0 bridgehead atoms. The van der Waals surface area contributed by atoms with Crippen molar-refractivity contribution in [3.8, 4) is 0 Å². The molecule has 0 aliphatic rings. The van der Waals surface area contributed by atoms with Crippen LogP contribution in [0.15, 0.2) is 101 Å². The molecule has 3 aromatic heterocycles. The van der Waals surface area contributed by atoms with Crippen LogP contribution in [0.4, 0.5) is 0 Å². The molecule has 0 radical (unpaired) electrons. The molecular formula is C29H25N7O2+2. The van der Waals surface area contributed by atoms with Gasteiger partial charge in [0.05, 0.1) is 23.2 Å².